The molecule has 6 rings (SSSR count). The van der Waals surface area contributed by atoms with Gasteiger partial charge in [0.05, 0.1) is 13.2 Å². The third-order valence-corrected chi connectivity index (χ3v) is 8.92. The van der Waals surface area contributed by atoms with E-state index in [1.54, 1.807) is 13.2 Å². The van der Waals surface area contributed by atoms with Gasteiger partial charge in [0.2, 0.25) is 0 Å². The van der Waals surface area contributed by atoms with E-state index in [2.05, 4.69) is 60.7 Å². The third-order valence-electron chi connectivity index (χ3n) is 8.92. The van der Waals surface area contributed by atoms with Crippen molar-refractivity contribution in [2.24, 2.45) is 5.41 Å². The average Bonchev–Trinajstić information content (AvgIpc) is 3.20. The Morgan fingerprint density at radius 2 is 1.54 bits per heavy atom. The molecule has 3 nitrogen and oxygen atoms in total. The van der Waals surface area contributed by atoms with Crippen LogP contribution < -0.4 is 4.74 Å². The molecule has 0 bridgehead atoms. The van der Waals surface area contributed by atoms with Crippen LogP contribution in [0.2, 0.25) is 0 Å². The molecule has 3 aromatic rings. The maximum atomic E-state index is 11.0. The Morgan fingerprint density at radius 3 is 2.23 bits per heavy atom. The molecule has 0 aromatic heterocycles. The zero-order chi connectivity index (χ0) is 24.0. The summed E-state index contributed by atoms with van der Waals surface area (Å²) in [5.74, 6) is 1.07. The first-order chi connectivity index (χ1) is 17.0. The lowest BCUT2D eigenvalue weighted by atomic mass is 9.52. The van der Waals surface area contributed by atoms with Crippen molar-refractivity contribution in [2.45, 2.75) is 62.9 Å². The highest BCUT2D eigenvalue weighted by atomic mass is 16.5. The summed E-state index contributed by atoms with van der Waals surface area (Å²) in [5.41, 5.74) is 8.01. The summed E-state index contributed by atoms with van der Waals surface area (Å²) >= 11 is 0. The van der Waals surface area contributed by atoms with Crippen molar-refractivity contribution in [2.75, 3.05) is 7.11 Å². The second-order valence-corrected chi connectivity index (χ2v) is 10.9. The predicted molar refractivity (Wildman–Crippen MR) is 139 cm³/mol. The molecule has 0 saturated heterocycles. The molecule has 0 spiro atoms. The third kappa shape index (κ3) is 3.68. The fourth-order valence-electron chi connectivity index (χ4n) is 7.65. The van der Waals surface area contributed by atoms with Gasteiger partial charge in [0, 0.05) is 17.0 Å². The zero-order valence-corrected chi connectivity index (χ0v) is 20.5. The zero-order valence-electron chi connectivity index (χ0n) is 20.5. The number of fused-ring (bicyclic) bond motifs is 4. The molecule has 35 heavy (non-hydrogen) atoms. The quantitative estimate of drug-likeness (QED) is 0.434. The van der Waals surface area contributed by atoms with Gasteiger partial charge in [0.1, 0.15) is 11.5 Å². The van der Waals surface area contributed by atoms with E-state index < -0.39 is 0 Å². The summed E-state index contributed by atoms with van der Waals surface area (Å²) in [5, 5.41) is 21.4. The van der Waals surface area contributed by atoms with Crippen LogP contribution in [0.1, 0.15) is 54.4 Å². The number of ether oxygens (including phenoxy) is 1. The molecule has 3 aliphatic rings. The van der Waals surface area contributed by atoms with E-state index >= 15 is 0 Å². The summed E-state index contributed by atoms with van der Waals surface area (Å²) < 4.78 is 5.93. The van der Waals surface area contributed by atoms with Crippen LogP contribution in [0.3, 0.4) is 0 Å². The fraction of sp³-hybridized carbons (Fsp3) is 0.375. The first-order valence-electron chi connectivity index (χ1n) is 12.9. The summed E-state index contributed by atoms with van der Waals surface area (Å²) in [7, 11) is 1.72. The summed E-state index contributed by atoms with van der Waals surface area (Å²) in [6, 6.07) is 25.3. The summed E-state index contributed by atoms with van der Waals surface area (Å²) in [6.07, 6.45) is 7.19. The van der Waals surface area contributed by atoms with Crippen molar-refractivity contribution < 1.29 is 14.9 Å². The molecule has 3 aromatic carbocycles. The number of hydrogen-bond acceptors (Lipinski definition) is 3. The predicted octanol–water partition coefficient (Wildman–Crippen LogP) is 6.30. The van der Waals surface area contributed by atoms with Gasteiger partial charge in [-0.25, -0.2) is 0 Å². The van der Waals surface area contributed by atoms with Gasteiger partial charge in [-0.3, -0.25) is 0 Å². The molecule has 0 unspecified atom stereocenters. The molecular weight excluding hydrogens is 432 g/mol. The molecule has 3 atom stereocenters. The molecule has 0 aliphatic heterocycles. The normalized spacial score (nSPS) is 27.2. The molecule has 3 heteroatoms. The number of phenolic OH excluding ortho intramolecular Hbond substituents is 1. The van der Waals surface area contributed by atoms with Gasteiger partial charge in [-0.2, -0.15) is 0 Å². The highest BCUT2D eigenvalue weighted by molar-refractivity contribution is 5.60. The Balaban J connectivity index is 1.56. The molecular formula is C32H34O3. The van der Waals surface area contributed by atoms with Crippen LogP contribution in [0.4, 0.5) is 0 Å². The van der Waals surface area contributed by atoms with Crippen LogP contribution in [0.25, 0.3) is 0 Å². The second-order valence-electron chi connectivity index (χ2n) is 10.9. The fourth-order valence-corrected chi connectivity index (χ4v) is 7.65. The lowest BCUT2D eigenvalue weighted by Crippen LogP contribution is -2.44. The van der Waals surface area contributed by atoms with E-state index in [0.29, 0.717) is 0 Å². The summed E-state index contributed by atoms with van der Waals surface area (Å²) in [6.45, 7) is 0. The van der Waals surface area contributed by atoms with Crippen LogP contribution in [-0.4, -0.2) is 23.4 Å². The van der Waals surface area contributed by atoms with E-state index in [4.69, 9.17) is 4.74 Å². The molecule has 2 N–H and O–H groups in total. The van der Waals surface area contributed by atoms with Crippen LogP contribution in [0.15, 0.2) is 83.9 Å². The number of aliphatic hydroxyl groups excluding tert-OH is 1. The monoisotopic (exact) mass is 466 g/mol. The number of phenols is 1. The topological polar surface area (TPSA) is 49.7 Å². The minimum absolute atomic E-state index is 0.0257. The number of aryl methyl sites for hydroxylation is 1. The lowest BCUT2D eigenvalue weighted by molar-refractivity contribution is 0.148. The van der Waals surface area contributed by atoms with Crippen LogP contribution >= 0.6 is 0 Å². The maximum absolute atomic E-state index is 11.0. The molecule has 0 amide bonds. The van der Waals surface area contributed by atoms with Gasteiger partial charge in [0.25, 0.3) is 0 Å². The van der Waals surface area contributed by atoms with Gasteiger partial charge >= 0.3 is 0 Å². The van der Waals surface area contributed by atoms with Crippen LogP contribution in [-0.2, 0) is 24.7 Å². The van der Waals surface area contributed by atoms with E-state index in [-0.39, 0.29) is 22.7 Å². The molecule has 1 fully saturated rings. The molecule has 0 radical (unpaired) electrons. The Hall–Kier alpha value is -3.04. The van der Waals surface area contributed by atoms with Crippen molar-refractivity contribution in [1.29, 1.82) is 0 Å². The number of hydrogen-bond donors (Lipinski definition) is 2. The van der Waals surface area contributed by atoms with E-state index in [0.717, 1.165) is 57.1 Å². The SMILES string of the molecule is COc1cc(O)cc2c1[C@]1(Cc3ccccc3)CC[C@]3(Cc4ccccc4)C[C@H](O)CC3=C1CC2. The van der Waals surface area contributed by atoms with E-state index in [9.17, 15) is 10.2 Å². The van der Waals surface area contributed by atoms with Crippen molar-refractivity contribution in [3.8, 4) is 11.5 Å². The Morgan fingerprint density at radius 1 is 0.857 bits per heavy atom. The van der Waals surface area contributed by atoms with Crippen LogP contribution in [0.5, 0.6) is 11.5 Å². The molecule has 3 aliphatic carbocycles. The summed E-state index contributed by atoms with van der Waals surface area (Å²) in [4.78, 5) is 0. The Labute approximate surface area is 208 Å². The Kier molecular flexibility index (Phi) is 5.49. The van der Waals surface area contributed by atoms with Gasteiger partial charge in [-0.15, -0.1) is 0 Å². The van der Waals surface area contributed by atoms with E-state index in [1.165, 1.54) is 33.4 Å². The smallest absolute Gasteiger partial charge is 0.126 e. The molecule has 0 heterocycles. The standard InChI is InChI=1S/C32H34O3/c1-35-29-18-25(33)16-24-12-13-27-28-17-26(34)21-31(28,19-22-8-4-2-5-9-22)14-15-32(27,30(24)29)20-23-10-6-3-7-11-23/h2-11,16,18,26,33-34H,12-15,17,19-21H2,1H3/t26-,31+,32+/m1/s1. The van der Waals surface area contributed by atoms with Gasteiger partial charge in [-0.05, 0) is 79.5 Å². The maximum Gasteiger partial charge on any atom is 0.126 e. The van der Waals surface area contributed by atoms with Crippen molar-refractivity contribution >= 4 is 0 Å². The average molecular weight is 467 g/mol. The van der Waals surface area contributed by atoms with E-state index in [1.807, 2.05) is 6.07 Å². The second kappa shape index (κ2) is 8.57. The van der Waals surface area contributed by atoms with Gasteiger partial charge in [-0.1, -0.05) is 71.8 Å². The van der Waals surface area contributed by atoms with Crippen molar-refractivity contribution in [1.82, 2.24) is 0 Å². The highest BCUT2D eigenvalue weighted by Gasteiger charge is 2.54. The number of benzene rings is 3. The van der Waals surface area contributed by atoms with Crippen LogP contribution in [0, 0.1) is 5.41 Å². The minimum atomic E-state index is -0.281. The number of rotatable bonds is 5. The largest absolute Gasteiger partial charge is 0.508 e. The number of allylic oxidation sites excluding steroid dienone is 1. The molecule has 1 saturated carbocycles. The first-order valence-corrected chi connectivity index (χ1v) is 12.9. The Bertz CT molecular complexity index is 1250. The molecule has 180 valence electrons. The first kappa shape index (κ1) is 22.4. The lowest BCUT2D eigenvalue weighted by Gasteiger charge is -2.51. The van der Waals surface area contributed by atoms with Crippen molar-refractivity contribution in [3.63, 3.8) is 0 Å². The minimum Gasteiger partial charge on any atom is -0.508 e. The van der Waals surface area contributed by atoms with Gasteiger partial charge in [0.15, 0.2) is 0 Å². The number of methoxy groups -OCH3 is 1. The van der Waals surface area contributed by atoms with Gasteiger partial charge < -0.3 is 14.9 Å². The highest BCUT2D eigenvalue weighted by Crippen LogP contribution is 2.63. The van der Waals surface area contributed by atoms with Crippen molar-refractivity contribution in [3.05, 3.63) is 106 Å². The number of aliphatic hydroxyl groups is 1. The number of aromatic hydroxyl groups is 1.